The van der Waals surface area contributed by atoms with Crippen LogP contribution in [-0.2, 0) is 13.5 Å². The summed E-state index contributed by atoms with van der Waals surface area (Å²) in [5.41, 5.74) is 1.21. The van der Waals surface area contributed by atoms with Crippen LogP contribution >= 0.6 is 0 Å². The lowest BCUT2D eigenvalue weighted by atomic mass is 9.91. The number of fused-ring (bicyclic) bond motifs is 2. The van der Waals surface area contributed by atoms with Crippen molar-refractivity contribution in [1.82, 2.24) is 19.6 Å². The van der Waals surface area contributed by atoms with Gasteiger partial charge in [-0.2, -0.15) is 5.10 Å². The van der Waals surface area contributed by atoms with Gasteiger partial charge in [-0.25, -0.2) is 4.79 Å². The van der Waals surface area contributed by atoms with Gasteiger partial charge in [0.05, 0.1) is 5.69 Å². The van der Waals surface area contributed by atoms with Gasteiger partial charge in [-0.05, 0) is 38.1 Å². The Morgan fingerprint density at radius 3 is 2.67 bits per heavy atom. The fraction of sp³-hybridized carbons (Fsp3) is 0.778. The number of carbonyl (C=O) groups is 1. The van der Waals surface area contributed by atoms with Crippen LogP contribution in [0.2, 0.25) is 0 Å². The SMILES string of the molecule is CN1[C@H]2CC[C@H]1CN(C(=O)Nc1cc(CC(C)(C)C)nn1C)CC2. The molecule has 2 bridgehead atoms. The molecule has 0 aromatic carbocycles. The highest BCUT2D eigenvalue weighted by Crippen LogP contribution is 2.29. The Morgan fingerprint density at radius 1 is 1.25 bits per heavy atom. The second-order valence-corrected chi connectivity index (χ2v) is 8.60. The van der Waals surface area contributed by atoms with Gasteiger partial charge in [0.1, 0.15) is 5.82 Å². The zero-order valence-electron chi connectivity index (χ0n) is 15.7. The van der Waals surface area contributed by atoms with Crippen LogP contribution in [-0.4, -0.2) is 57.8 Å². The minimum atomic E-state index is 0.00117. The number of carbonyl (C=O) groups excluding carboxylic acids is 1. The number of nitrogens with zero attached hydrogens (tertiary/aromatic N) is 4. The summed E-state index contributed by atoms with van der Waals surface area (Å²) in [6.45, 7) is 8.25. The number of aryl methyl sites for hydroxylation is 1. The lowest BCUT2D eigenvalue weighted by Crippen LogP contribution is -2.42. The van der Waals surface area contributed by atoms with E-state index < -0.39 is 0 Å². The first kappa shape index (κ1) is 17.3. The first-order valence-corrected chi connectivity index (χ1v) is 9.04. The smallest absolute Gasteiger partial charge is 0.323 e. The predicted octanol–water partition coefficient (Wildman–Crippen LogP) is 2.71. The third kappa shape index (κ3) is 3.74. The average molecular weight is 333 g/mol. The molecule has 0 aliphatic carbocycles. The molecular formula is C18H31N5O. The van der Waals surface area contributed by atoms with Crippen molar-refractivity contribution in [3.8, 4) is 0 Å². The predicted molar refractivity (Wildman–Crippen MR) is 96.1 cm³/mol. The van der Waals surface area contributed by atoms with Gasteiger partial charge < -0.3 is 4.90 Å². The highest BCUT2D eigenvalue weighted by Gasteiger charge is 2.36. The molecule has 0 spiro atoms. The molecule has 134 valence electrons. The van der Waals surface area contributed by atoms with Gasteiger partial charge in [-0.15, -0.1) is 0 Å². The van der Waals surface area contributed by atoms with Crippen molar-refractivity contribution >= 4 is 11.8 Å². The lowest BCUT2D eigenvalue weighted by molar-refractivity contribution is 0.200. The molecule has 0 radical (unpaired) electrons. The summed E-state index contributed by atoms with van der Waals surface area (Å²) in [5, 5.41) is 7.60. The molecule has 6 heteroatoms. The van der Waals surface area contributed by atoms with E-state index in [1.165, 1.54) is 12.8 Å². The topological polar surface area (TPSA) is 53.4 Å². The van der Waals surface area contributed by atoms with Crippen LogP contribution in [0.5, 0.6) is 0 Å². The molecule has 3 rings (SSSR count). The maximum absolute atomic E-state index is 12.7. The maximum atomic E-state index is 12.7. The minimum Gasteiger partial charge on any atom is -0.323 e. The van der Waals surface area contributed by atoms with Crippen LogP contribution in [0.1, 0.15) is 45.7 Å². The van der Waals surface area contributed by atoms with Crippen LogP contribution in [0.4, 0.5) is 10.6 Å². The van der Waals surface area contributed by atoms with Crippen molar-refractivity contribution in [2.24, 2.45) is 12.5 Å². The fourth-order valence-corrected chi connectivity index (χ4v) is 3.96. The highest BCUT2D eigenvalue weighted by atomic mass is 16.2. The van der Waals surface area contributed by atoms with E-state index >= 15 is 0 Å². The summed E-state index contributed by atoms with van der Waals surface area (Å²) in [7, 11) is 4.09. The van der Waals surface area contributed by atoms with Crippen molar-refractivity contribution in [1.29, 1.82) is 0 Å². The maximum Gasteiger partial charge on any atom is 0.323 e. The van der Waals surface area contributed by atoms with Gasteiger partial charge in [-0.1, -0.05) is 20.8 Å². The van der Waals surface area contributed by atoms with Crippen LogP contribution in [0.3, 0.4) is 0 Å². The second kappa shape index (κ2) is 6.39. The summed E-state index contributed by atoms with van der Waals surface area (Å²) in [5.74, 6) is 0.780. The fourth-order valence-electron chi connectivity index (χ4n) is 3.96. The number of rotatable bonds is 2. The Balaban J connectivity index is 1.64. The Bertz CT molecular complexity index is 603. The van der Waals surface area contributed by atoms with E-state index in [4.69, 9.17) is 0 Å². The number of hydrogen-bond donors (Lipinski definition) is 1. The second-order valence-electron chi connectivity index (χ2n) is 8.60. The van der Waals surface area contributed by atoms with E-state index in [1.807, 2.05) is 18.0 Å². The summed E-state index contributed by atoms with van der Waals surface area (Å²) < 4.78 is 1.77. The summed E-state index contributed by atoms with van der Waals surface area (Å²) in [6, 6.07) is 3.15. The van der Waals surface area contributed by atoms with Gasteiger partial charge in [-0.3, -0.25) is 14.9 Å². The number of nitrogens with one attached hydrogen (secondary N) is 1. The molecule has 3 heterocycles. The van der Waals surface area contributed by atoms with Gasteiger partial charge in [0, 0.05) is 38.3 Å². The molecule has 0 saturated carbocycles. The molecule has 1 aromatic rings. The Morgan fingerprint density at radius 2 is 1.96 bits per heavy atom. The minimum absolute atomic E-state index is 0.00117. The van der Waals surface area contributed by atoms with Gasteiger partial charge in [0.25, 0.3) is 0 Å². The molecule has 2 saturated heterocycles. The molecular weight excluding hydrogens is 302 g/mol. The Hall–Kier alpha value is -1.56. The quantitative estimate of drug-likeness (QED) is 0.905. The molecule has 2 atom stereocenters. The largest absolute Gasteiger partial charge is 0.323 e. The van der Waals surface area contributed by atoms with Crippen LogP contribution < -0.4 is 5.32 Å². The number of urea groups is 1. The van der Waals surface area contributed by atoms with Crippen molar-refractivity contribution in [3.63, 3.8) is 0 Å². The molecule has 1 aromatic heterocycles. The lowest BCUT2D eigenvalue weighted by Gasteiger charge is -2.25. The number of amides is 2. The van der Waals surface area contributed by atoms with E-state index in [0.717, 1.165) is 37.4 Å². The van der Waals surface area contributed by atoms with Crippen molar-refractivity contribution in [2.75, 3.05) is 25.5 Å². The first-order valence-electron chi connectivity index (χ1n) is 9.04. The molecule has 1 N–H and O–H groups in total. The standard InChI is InChI=1S/C18H31N5O/c1-18(2,3)11-13-10-16(22(5)20-13)19-17(24)23-9-8-14-6-7-15(12-23)21(14)4/h10,14-15H,6-9,11-12H2,1-5H3,(H,19,24)/t14-,15-/m0/s1. The van der Waals surface area contributed by atoms with Crippen molar-refractivity contribution in [3.05, 3.63) is 11.8 Å². The van der Waals surface area contributed by atoms with Crippen LogP contribution in [0.25, 0.3) is 0 Å². The van der Waals surface area contributed by atoms with E-state index in [9.17, 15) is 4.79 Å². The number of likely N-dealkylation sites (N-methyl/N-ethyl adjacent to an activating group) is 1. The van der Waals surface area contributed by atoms with Crippen molar-refractivity contribution in [2.45, 2.75) is 58.5 Å². The van der Waals surface area contributed by atoms with Gasteiger partial charge >= 0.3 is 6.03 Å². The summed E-state index contributed by atoms with van der Waals surface area (Å²) in [4.78, 5) is 17.1. The Kier molecular flexibility index (Phi) is 4.60. The summed E-state index contributed by atoms with van der Waals surface area (Å²) in [6.07, 6.45) is 4.44. The number of likely N-dealkylation sites (tertiary alicyclic amines) is 1. The third-order valence-electron chi connectivity index (χ3n) is 5.31. The Labute approximate surface area is 145 Å². The molecule has 6 nitrogen and oxygen atoms in total. The zero-order chi connectivity index (χ0) is 17.5. The van der Waals surface area contributed by atoms with E-state index in [1.54, 1.807) is 4.68 Å². The van der Waals surface area contributed by atoms with Crippen LogP contribution in [0, 0.1) is 5.41 Å². The number of aromatic nitrogens is 2. The van der Waals surface area contributed by atoms with Gasteiger partial charge in [0.2, 0.25) is 0 Å². The van der Waals surface area contributed by atoms with Crippen molar-refractivity contribution < 1.29 is 4.79 Å². The van der Waals surface area contributed by atoms with Crippen LogP contribution in [0.15, 0.2) is 6.07 Å². The normalized spacial score (nSPS) is 25.0. The molecule has 2 aliphatic rings. The molecule has 2 amide bonds. The average Bonchev–Trinajstić information content (AvgIpc) is 2.88. The van der Waals surface area contributed by atoms with E-state index in [-0.39, 0.29) is 11.4 Å². The monoisotopic (exact) mass is 333 g/mol. The van der Waals surface area contributed by atoms with E-state index in [2.05, 4.69) is 43.1 Å². The zero-order valence-corrected chi connectivity index (χ0v) is 15.7. The molecule has 2 aliphatic heterocycles. The highest BCUT2D eigenvalue weighted by molar-refractivity contribution is 5.88. The number of hydrogen-bond acceptors (Lipinski definition) is 3. The molecule has 0 unspecified atom stereocenters. The number of anilines is 1. The first-order chi connectivity index (χ1) is 11.2. The molecule has 24 heavy (non-hydrogen) atoms. The van der Waals surface area contributed by atoms with E-state index in [0.29, 0.717) is 12.1 Å². The third-order valence-corrected chi connectivity index (χ3v) is 5.31. The van der Waals surface area contributed by atoms with Gasteiger partial charge in [0.15, 0.2) is 0 Å². The molecule has 2 fully saturated rings. The summed E-state index contributed by atoms with van der Waals surface area (Å²) >= 11 is 0.